The van der Waals surface area contributed by atoms with Crippen molar-refractivity contribution in [2.45, 2.75) is 64.6 Å². The van der Waals surface area contributed by atoms with Crippen molar-refractivity contribution in [3.63, 3.8) is 0 Å². The van der Waals surface area contributed by atoms with E-state index in [0.29, 0.717) is 43.0 Å². The quantitative estimate of drug-likeness (QED) is 0.331. The number of aliphatic hydroxyl groups is 1. The zero-order valence-electron chi connectivity index (χ0n) is 22.7. The molecule has 1 aliphatic heterocycles. The maximum absolute atomic E-state index is 13.3. The van der Waals surface area contributed by atoms with Crippen molar-refractivity contribution in [1.29, 1.82) is 0 Å². The summed E-state index contributed by atoms with van der Waals surface area (Å²) in [4.78, 5) is 28.2. The molecule has 1 N–H and O–H groups in total. The summed E-state index contributed by atoms with van der Waals surface area (Å²) in [5.41, 5.74) is 2.37. The zero-order valence-corrected chi connectivity index (χ0v) is 22.7. The van der Waals surface area contributed by atoms with Gasteiger partial charge >= 0.3 is 5.63 Å². The minimum atomic E-state index is -0.640. The second-order valence-electron chi connectivity index (χ2n) is 11.3. The molecule has 6 heteroatoms. The molecule has 39 heavy (non-hydrogen) atoms. The van der Waals surface area contributed by atoms with Gasteiger partial charge in [-0.25, -0.2) is 4.79 Å². The van der Waals surface area contributed by atoms with E-state index in [0.717, 1.165) is 53.1 Å². The monoisotopic (exact) mass is 525 g/mol. The van der Waals surface area contributed by atoms with Gasteiger partial charge in [-0.3, -0.25) is 4.79 Å². The Hall–Kier alpha value is -3.64. The predicted octanol–water partition coefficient (Wildman–Crippen LogP) is 5.84. The lowest BCUT2D eigenvalue weighted by molar-refractivity contribution is -0.142. The van der Waals surface area contributed by atoms with Gasteiger partial charge in [0.2, 0.25) is 5.91 Å². The van der Waals surface area contributed by atoms with Gasteiger partial charge in [0, 0.05) is 30.0 Å². The molecule has 202 valence electrons. The number of carbonyl (C=O) groups excluding carboxylic acids is 1. The number of hydrogen-bond acceptors (Lipinski definition) is 5. The zero-order chi connectivity index (χ0) is 27.1. The third-order valence-electron chi connectivity index (χ3n) is 8.97. The van der Waals surface area contributed by atoms with Gasteiger partial charge < -0.3 is 19.2 Å². The van der Waals surface area contributed by atoms with Crippen molar-refractivity contribution in [1.82, 2.24) is 4.90 Å². The van der Waals surface area contributed by atoms with Crippen LogP contribution in [-0.4, -0.2) is 34.6 Å². The maximum atomic E-state index is 13.3. The highest BCUT2D eigenvalue weighted by molar-refractivity contribution is 5.87. The number of rotatable bonds is 5. The van der Waals surface area contributed by atoms with Crippen molar-refractivity contribution in [3.05, 3.63) is 87.3 Å². The fraction of sp³-hybridized carbons (Fsp3) is 0.394. The Balaban J connectivity index is 1.20. The first-order valence-corrected chi connectivity index (χ1v) is 14.0. The molecule has 3 aromatic carbocycles. The lowest BCUT2D eigenvalue weighted by Crippen LogP contribution is -2.55. The van der Waals surface area contributed by atoms with Gasteiger partial charge in [-0.1, -0.05) is 49.2 Å². The van der Waals surface area contributed by atoms with Crippen LogP contribution in [0, 0.1) is 19.8 Å². The van der Waals surface area contributed by atoms with E-state index in [9.17, 15) is 14.7 Å². The van der Waals surface area contributed by atoms with E-state index in [1.54, 1.807) is 0 Å². The van der Waals surface area contributed by atoms with Gasteiger partial charge in [-0.15, -0.1) is 0 Å². The maximum Gasteiger partial charge on any atom is 0.340 e. The molecule has 6 rings (SSSR count). The molecule has 0 unspecified atom stereocenters. The number of ether oxygens (including phenoxy) is 1. The number of aryl methyl sites for hydroxylation is 2. The Bertz CT molecular complexity index is 1620. The molecule has 1 amide bonds. The molecular formula is C33H35NO5. The highest BCUT2D eigenvalue weighted by atomic mass is 16.5. The highest BCUT2D eigenvalue weighted by Gasteiger charge is 2.43. The first kappa shape index (κ1) is 25.6. The summed E-state index contributed by atoms with van der Waals surface area (Å²) in [5.74, 6) is 0.702. The first-order chi connectivity index (χ1) is 18.8. The molecule has 2 aliphatic rings. The van der Waals surface area contributed by atoms with Crippen LogP contribution >= 0.6 is 0 Å². The number of benzene rings is 3. The van der Waals surface area contributed by atoms with Crippen molar-refractivity contribution in [3.8, 4) is 5.75 Å². The fourth-order valence-electron chi connectivity index (χ4n) is 6.48. The number of piperidine rings is 1. The van der Waals surface area contributed by atoms with Crippen molar-refractivity contribution >= 4 is 27.6 Å². The summed E-state index contributed by atoms with van der Waals surface area (Å²) >= 11 is 0. The van der Waals surface area contributed by atoms with Crippen molar-refractivity contribution in [2.75, 3.05) is 13.1 Å². The third-order valence-corrected chi connectivity index (χ3v) is 8.97. The van der Waals surface area contributed by atoms with E-state index >= 15 is 0 Å². The summed E-state index contributed by atoms with van der Waals surface area (Å²) in [6, 6.07) is 18.3. The van der Waals surface area contributed by atoms with Gasteiger partial charge in [-0.2, -0.15) is 0 Å². The molecule has 0 bridgehead atoms. The molecule has 2 atom stereocenters. The predicted molar refractivity (Wildman–Crippen MR) is 152 cm³/mol. The van der Waals surface area contributed by atoms with E-state index in [2.05, 4.69) is 30.3 Å². The number of fused-ring (bicyclic) bond motifs is 3. The van der Waals surface area contributed by atoms with Gasteiger partial charge in [0.05, 0.1) is 17.6 Å². The van der Waals surface area contributed by atoms with Crippen LogP contribution in [-0.2, 0) is 17.8 Å². The molecule has 0 spiro atoms. The molecule has 4 aromatic rings. The molecule has 2 fully saturated rings. The lowest BCUT2D eigenvalue weighted by atomic mass is 9.71. The van der Waals surface area contributed by atoms with E-state index in [4.69, 9.17) is 9.15 Å². The molecule has 6 nitrogen and oxygen atoms in total. The summed E-state index contributed by atoms with van der Waals surface area (Å²) in [5, 5.41) is 14.1. The van der Waals surface area contributed by atoms with E-state index in [1.807, 2.05) is 43.0 Å². The van der Waals surface area contributed by atoms with Crippen LogP contribution < -0.4 is 10.4 Å². The topological polar surface area (TPSA) is 80.0 Å². The fourth-order valence-corrected chi connectivity index (χ4v) is 6.48. The van der Waals surface area contributed by atoms with E-state index in [-0.39, 0.29) is 18.2 Å². The highest BCUT2D eigenvalue weighted by Crippen LogP contribution is 2.40. The Kier molecular flexibility index (Phi) is 6.67. The van der Waals surface area contributed by atoms with E-state index < -0.39 is 11.2 Å². The molecule has 2 heterocycles. The normalized spacial score (nSPS) is 21.2. The second-order valence-corrected chi connectivity index (χ2v) is 11.3. The minimum absolute atomic E-state index is 0.00845. The molecular weight excluding hydrogens is 490 g/mol. The molecule has 1 aromatic heterocycles. The molecule has 1 saturated carbocycles. The standard InChI is InChI=1S/C33H35NO5/c1-21-27-12-13-29(38-20-23-10-11-24-7-3-4-8-25(24)17-23)22(2)31(27)39-32(36)28(21)18-30(35)34-16-15-33(37)14-6-5-9-26(33)19-34/h3-4,7-8,10-13,17,26,37H,5-6,9,14-16,18-20H2,1-2H3/t26-,33+/m1/s1. The Morgan fingerprint density at radius 2 is 1.87 bits per heavy atom. The Labute approximate surface area is 228 Å². The molecule has 0 radical (unpaired) electrons. The molecule has 1 aliphatic carbocycles. The SMILES string of the molecule is Cc1c(CC(=O)N2CC[C@@]3(O)CCCC[C@@H]3C2)c(=O)oc2c(C)c(OCc3ccc4ccccc4c3)ccc12. The number of amides is 1. The average Bonchev–Trinajstić information content (AvgIpc) is 2.94. The smallest absolute Gasteiger partial charge is 0.340 e. The first-order valence-electron chi connectivity index (χ1n) is 14.0. The van der Waals surface area contributed by atoms with Crippen LogP contribution in [0.5, 0.6) is 5.75 Å². The van der Waals surface area contributed by atoms with Crippen LogP contribution in [0.2, 0.25) is 0 Å². The number of nitrogens with zero attached hydrogens (tertiary/aromatic N) is 1. The van der Waals surface area contributed by atoms with Gasteiger partial charge in [0.1, 0.15) is 17.9 Å². The van der Waals surface area contributed by atoms with Gasteiger partial charge in [-0.05, 0) is 73.2 Å². The average molecular weight is 526 g/mol. The summed E-state index contributed by atoms with van der Waals surface area (Å²) in [6.45, 7) is 5.27. The van der Waals surface area contributed by atoms with Crippen molar-refractivity contribution < 1.29 is 19.1 Å². The van der Waals surface area contributed by atoms with E-state index in [1.165, 1.54) is 5.39 Å². The Morgan fingerprint density at radius 3 is 2.72 bits per heavy atom. The minimum Gasteiger partial charge on any atom is -0.488 e. The third kappa shape index (κ3) is 4.82. The lowest BCUT2D eigenvalue weighted by Gasteiger charge is -2.47. The van der Waals surface area contributed by atoms with Gasteiger partial charge in [0.15, 0.2) is 0 Å². The second kappa shape index (κ2) is 10.2. The van der Waals surface area contributed by atoms with Crippen LogP contribution in [0.3, 0.4) is 0 Å². The van der Waals surface area contributed by atoms with Crippen molar-refractivity contribution in [2.24, 2.45) is 5.92 Å². The number of hydrogen-bond donors (Lipinski definition) is 1. The van der Waals surface area contributed by atoms with Crippen LogP contribution in [0.25, 0.3) is 21.7 Å². The largest absolute Gasteiger partial charge is 0.488 e. The number of likely N-dealkylation sites (tertiary alicyclic amines) is 1. The Morgan fingerprint density at radius 1 is 1.05 bits per heavy atom. The summed E-state index contributed by atoms with van der Waals surface area (Å²) < 4.78 is 11.9. The van der Waals surface area contributed by atoms with Crippen LogP contribution in [0.1, 0.15) is 54.4 Å². The summed E-state index contributed by atoms with van der Waals surface area (Å²) in [6.07, 6.45) is 4.52. The van der Waals surface area contributed by atoms with Crippen LogP contribution in [0.15, 0.2) is 63.8 Å². The summed E-state index contributed by atoms with van der Waals surface area (Å²) in [7, 11) is 0. The number of carbonyl (C=O) groups is 1. The van der Waals surface area contributed by atoms with Crippen LogP contribution in [0.4, 0.5) is 0 Å². The van der Waals surface area contributed by atoms with Gasteiger partial charge in [0.25, 0.3) is 0 Å². The molecule has 1 saturated heterocycles.